The van der Waals surface area contributed by atoms with Crippen molar-refractivity contribution < 1.29 is 23.9 Å². The number of fused-ring (bicyclic) bond motifs is 1. The Labute approximate surface area is 250 Å². The number of amides is 2. The first-order valence-corrected chi connectivity index (χ1v) is 14.5. The van der Waals surface area contributed by atoms with Crippen molar-refractivity contribution >= 4 is 29.6 Å². The number of rotatable bonds is 6. The van der Waals surface area contributed by atoms with E-state index in [0.717, 1.165) is 31.2 Å². The predicted octanol–water partition coefficient (Wildman–Crippen LogP) is 5.25. The number of carbonyl (C=O) groups is 3. The molecule has 0 bridgehead atoms. The first kappa shape index (κ1) is 29.6. The van der Waals surface area contributed by atoms with Crippen molar-refractivity contribution in [3.05, 3.63) is 70.5 Å². The van der Waals surface area contributed by atoms with Gasteiger partial charge < -0.3 is 24.3 Å². The van der Waals surface area contributed by atoms with Crippen LogP contribution >= 0.6 is 11.6 Å². The van der Waals surface area contributed by atoms with Crippen LogP contribution in [0.3, 0.4) is 0 Å². The molecule has 0 radical (unpaired) electrons. The fraction of sp³-hybridized carbons (Fsp3) is 0.452. The molecule has 1 fully saturated rings. The molecule has 1 N–H and O–H groups in total. The molecule has 222 valence electrons. The molecule has 1 saturated carbocycles. The Bertz CT molecular complexity index is 1490. The van der Waals surface area contributed by atoms with Crippen LogP contribution in [0.1, 0.15) is 73.0 Å². The quantitative estimate of drug-likeness (QED) is 0.388. The summed E-state index contributed by atoms with van der Waals surface area (Å²) in [6.07, 6.45) is 2.59. The number of nitrogens with zero attached hydrogens (tertiary/aromatic N) is 4. The van der Waals surface area contributed by atoms with Gasteiger partial charge in [-0.1, -0.05) is 35.9 Å². The molecule has 1 aliphatic heterocycles. The van der Waals surface area contributed by atoms with Crippen molar-refractivity contribution in [3.63, 3.8) is 0 Å². The predicted molar refractivity (Wildman–Crippen MR) is 157 cm³/mol. The fourth-order valence-electron chi connectivity index (χ4n) is 5.98. The summed E-state index contributed by atoms with van der Waals surface area (Å²) in [6.45, 7) is 6.99. The summed E-state index contributed by atoms with van der Waals surface area (Å²) >= 11 is 6.37. The average Bonchev–Trinajstić information content (AvgIpc) is 3.41. The van der Waals surface area contributed by atoms with E-state index in [2.05, 4.69) is 15.5 Å². The van der Waals surface area contributed by atoms with Crippen LogP contribution in [0.5, 0.6) is 0 Å². The number of nitrogens with one attached hydrogen (secondary N) is 1. The van der Waals surface area contributed by atoms with Gasteiger partial charge in [0.05, 0.1) is 12.7 Å². The van der Waals surface area contributed by atoms with Gasteiger partial charge in [-0.05, 0) is 76.3 Å². The van der Waals surface area contributed by atoms with Gasteiger partial charge in [0.1, 0.15) is 5.60 Å². The number of hydrogen-bond acceptors (Lipinski definition) is 7. The van der Waals surface area contributed by atoms with E-state index in [4.69, 9.17) is 21.1 Å². The Morgan fingerprint density at radius 3 is 2.45 bits per heavy atom. The zero-order valence-corrected chi connectivity index (χ0v) is 25.1. The van der Waals surface area contributed by atoms with Gasteiger partial charge in [0.25, 0.3) is 5.91 Å². The molecule has 1 aromatic heterocycles. The third-order valence-electron chi connectivity index (χ3n) is 8.07. The molecule has 0 atom stereocenters. The molecule has 5 rings (SSSR count). The van der Waals surface area contributed by atoms with Gasteiger partial charge in [0, 0.05) is 41.7 Å². The van der Waals surface area contributed by atoms with E-state index in [9.17, 15) is 14.4 Å². The summed E-state index contributed by atoms with van der Waals surface area (Å²) < 4.78 is 12.1. The molecular formula is C31H36ClN5O5. The molecular weight excluding hydrogens is 558 g/mol. The van der Waals surface area contributed by atoms with Crippen molar-refractivity contribution in [2.45, 2.75) is 70.1 Å². The number of ether oxygens (including phenoxy) is 2. The lowest BCUT2D eigenvalue weighted by Crippen LogP contribution is -2.51. The van der Waals surface area contributed by atoms with E-state index in [0.29, 0.717) is 41.6 Å². The third kappa shape index (κ3) is 6.13. The monoisotopic (exact) mass is 593 g/mol. The fourth-order valence-corrected chi connectivity index (χ4v) is 6.17. The summed E-state index contributed by atoms with van der Waals surface area (Å²) in [7, 11) is 1.34. The SMILES string of the molecule is COC(=O)c1cccc(-c2nnc3n2CCN([C@H]2CC[C@](CNC(=O)OC(C)(C)C)(c4cccc(Cl)c4)CC2)C3=O)c1. The zero-order valence-electron chi connectivity index (χ0n) is 24.4. The lowest BCUT2D eigenvalue weighted by Gasteiger charge is -2.45. The van der Waals surface area contributed by atoms with Crippen molar-refractivity contribution in [1.29, 1.82) is 0 Å². The van der Waals surface area contributed by atoms with Crippen LogP contribution in [0.2, 0.25) is 5.02 Å². The molecule has 2 aliphatic rings. The first-order valence-electron chi connectivity index (χ1n) is 14.2. The number of hydrogen-bond donors (Lipinski definition) is 1. The number of halogens is 1. The molecule has 2 aromatic carbocycles. The molecule has 11 heteroatoms. The normalized spacial score (nSPS) is 20.5. The lowest BCUT2D eigenvalue weighted by atomic mass is 9.67. The molecule has 2 heterocycles. The third-order valence-corrected chi connectivity index (χ3v) is 8.30. The summed E-state index contributed by atoms with van der Waals surface area (Å²) in [5.41, 5.74) is 1.23. The number of benzene rings is 2. The minimum absolute atomic E-state index is 0.0305. The Hall–Kier alpha value is -3.92. The first-order chi connectivity index (χ1) is 20.0. The van der Waals surface area contributed by atoms with Gasteiger partial charge in [0.15, 0.2) is 5.82 Å². The molecule has 1 aliphatic carbocycles. The van der Waals surface area contributed by atoms with Crippen LogP contribution < -0.4 is 5.32 Å². The largest absolute Gasteiger partial charge is 0.465 e. The topological polar surface area (TPSA) is 116 Å². The van der Waals surface area contributed by atoms with Gasteiger partial charge in [0.2, 0.25) is 5.82 Å². The number of alkyl carbamates (subject to hydrolysis) is 1. The number of methoxy groups -OCH3 is 1. The highest BCUT2D eigenvalue weighted by atomic mass is 35.5. The molecule has 10 nitrogen and oxygen atoms in total. The van der Waals surface area contributed by atoms with Gasteiger partial charge in [-0.3, -0.25) is 4.79 Å². The number of esters is 1. The number of aromatic nitrogens is 3. The highest BCUT2D eigenvalue weighted by Crippen LogP contribution is 2.42. The summed E-state index contributed by atoms with van der Waals surface area (Å²) in [5.74, 6) is 0.236. The van der Waals surface area contributed by atoms with E-state index < -0.39 is 17.7 Å². The maximum atomic E-state index is 13.6. The van der Waals surface area contributed by atoms with Crippen LogP contribution in [0.4, 0.5) is 4.79 Å². The van der Waals surface area contributed by atoms with Crippen LogP contribution in [0.15, 0.2) is 48.5 Å². The van der Waals surface area contributed by atoms with E-state index in [1.165, 1.54) is 7.11 Å². The Balaban J connectivity index is 1.31. The van der Waals surface area contributed by atoms with Crippen molar-refractivity contribution in [2.24, 2.45) is 0 Å². The second-order valence-electron chi connectivity index (χ2n) is 11.9. The van der Waals surface area contributed by atoms with Crippen LogP contribution in [-0.4, -0.2) is 69.5 Å². The molecule has 0 saturated heterocycles. The summed E-state index contributed by atoms with van der Waals surface area (Å²) in [6, 6.07) is 14.8. The van der Waals surface area contributed by atoms with Crippen LogP contribution in [-0.2, 0) is 21.4 Å². The molecule has 0 spiro atoms. The minimum Gasteiger partial charge on any atom is -0.465 e. The smallest absolute Gasteiger partial charge is 0.407 e. The Morgan fingerprint density at radius 2 is 1.76 bits per heavy atom. The van der Waals surface area contributed by atoms with E-state index in [-0.39, 0.29) is 23.2 Å². The zero-order chi connectivity index (χ0) is 30.1. The van der Waals surface area contributed by atoms with Gasteiger partial charge in [-0.25, -0.2) is 9.59 Å². The lowest BCUT2D eigenvalue weighted by molar-refractivity contribution is 0.0469. The maximum Gasteiger partial charge on any atom is 0.407 e. The highest BCUT2D eigenvalue weighted by Gasteiger charge is 2.42. The van der Waals surface area contributed by atoms with Crippen molar-refractivity contribution in [2.75, 3.05) is 20.2 Å². The summed E-state index contributed by atoms with van der Waals surface area (Å²) in [4.78, 5) is 40.1. The standard InChI is InChI=1S/C31H36ClN5O5/c1-30(2,3)42-29(40)33-19-31(22-9-6-10-23(32)18-22)13-11-24(12-14-31)36-15-16-37-25(34-35-26(37)27(36)38)20-7-5-8-21(17-20)28(39)41-4/h5-10,17-18,24H,11-16,19H2,1-4H3,(H,33,40)/t24-,31-. The van der Waals surface area contributed by atoms with Gasteiger partial charge in [-0.15, -0.1) is 10.2 Å². The molecule has 2 amide bonds. The molecule has 0 unspecified atom stereocenters. The molecule has 3 aromatic rings. The van der Waals surface area contributed by atoms with Gasteiger partial charge in [-0.2, -0.15) is 0 Å². The minimum atomic E-state index is -0.593. The highest BCUT2D eigenvalue weighted by molar-refractivity contribution is 6.30. The summed E-state index contributed by atoms with van der Waals surface area (Å²) in [5, 5.41) is 12.2. The second-order valence-corrected chi connectivity index (χ2v) is 12.4. The second kappa shape index (κ2) is 11.8. The van der Waals surface area contributed by atoms with Crippen molar-refractivity contribution in [1.82, 2.24) is 25.0 Å². The van der Waals surface area contributed by atoms with Crippen LogP contribution in [0, 0.1) is 0 Å². The average molecular weight is 594 g/mol. The van der Waals surface area contributed by atoms with E-state index in [1.54, 1.807) is 18.2 Å². The molecule has 42 heavy (non-hydrogen) atoms. The van der Waals surface area contributed by atoms with Crippen molar-refractivity contribution in [3.8, 4) is 11.4 Å². The maximum absolute atomic E-state index is 13.6. The van der Waals surface area contributed by atoms with E-state index >= 15 is 0 Å². The Morgan fingerprint density at radius 1 is 1.05 bits per heavy atom. The van der Waals surface area contributed by atoms with Crippen LogP contribution in [0.25, 0.3) is 11.4 Å². The van der Waals surface area contributed by atoms with Gasteiger partial charge >= 0.3 is 12.1 Å². The van der Waals surface area contributed by atoms with E-state index in [1.807, 2.05) is 60.6 Å². The number of carbonyl (C=O) groups excluding carboxylic acids is 3. The Kier molecular flexibility index (Phi) is 8.28.